The summed E-state index contributed by atoms with van der Waals surface area (Å²) in [5.74, 6) is 1.96. The minimum Gasteiger partial charge on any atom is -0.497 e. The number of nitrogens with zero attached hydrogens (tertiary/aromatic N) is 2. The van der Waals surface area contributed by atoms with E-state index in [0.29, 0.717) is 22.9 Å². The van der Waals surface area contributed by atoms with Crippen LogP contribution in [0.1, 0.15) is 18.1 Å². The number of hydrogen-bond donors (Lipinski definition) is 0. The van der Waals surface area contributed by atoms with E-state index < -0.39 is 0 Å². The quantitative estimate of drug-likeness (QED) is 0.473. The van der Waals surface area contributed by atoms with Gasteiger partial charge in [-0.2, -0.15) is 4.98 Å². The molecular weight excluding hydrogens is 404 g/mol. The highest BCUT2D eigenvalue weighted by Crippen LogP contribution is 2.35. The molecule has 0 atom stereocenters. The number of hydrogen-bond acceptors (Lipinski definition) is 5. The Morgan fingerprint density at radius 3 is 2.33 bits per heavy atom. The summed E-state index contributed by atoms with van der Waals surface area (Å²) in [6, 6.07) is 16.3. The molecule has 2 aromatic carbocycles. The van der Waals surface area contributed by atoms with Crippen molar-refractivity contribution < 1.29 is 19.0 Å². The van der Waals surface area contributed by atoms with Crippen molar-refractivity contribution in [3.63, 3.8) is 0 Å². The summed E-state index contributed by atoms with van der Waals surface area (Å²) in [5.41, 5.74) is 2.39. The van der Waals surface area contributed by atoms with Gasteiger partial charge >= 0.3 is 0 Å². The van der Waals surface area contributed by atoms with E-state index in [-0.39, 0.29) is 23.5 Å². The highest BCUT2D eigenvalue weighted by molar-refractivity contribution is 6.29. The number of ether oxygens (including phenoxy) is 3. The van der Waals surface area contributed by atoms with Crippen molar-refractivity contribution in [2.75, 3.05) is 19.1 Å². The highest BCUT2D eigenvalue weighted by Gasteiger charge is 2.21. The predicted molar refractivity (Wildman–Crippen MR) is 117 cm³/mol. The second-order valence-corrected chi connectivity index (χ2v) is 7.04. The van der Waals surface area contributed by atoms with E-state index in [0.717, 1.165) is 11.1 Å². The number of pyridine rings is 1. The summed E-state index contributed by atoms with van der Waals surface area (Å²) in [6.07, 6.45) is 0. The van der Waals surface area contributed by atoms with Crippen LogP contribution in [0.15, 0.2) is 54.6 Å². The highest BCUT2D eigenvalue weighted by atomic mass is 35.5. The Morgan fingerprint density at radius 1 is 1.00 bits per heavy atom. The lowest BCUT2D eigenvalue weighted by atomic mass is 10.1. The average Bonchev–Trinajstić information content (AvgIpc) is 2.74. The van der Waals surface area contributed by atoms with Gasteiger partial charge in [-0.25, -0.2) is 0 Å². The molecule has 0 bridgehead atoms. The van der Waals surface area contributed by atoms with Gasteiger partial charge in [0.05, 0.1) is 20.8 Å². The number of carbonyl (C=O) groups is 1. The first kappa shape index (κ1) is 21.5. The number of benzene rings is 2. The first-order valence-electron chi connectivity index (χ1n) is 9.31. The van der Waals surface area contributed by atoms with Crippen LogP contribution in [0.4, 0.5) is 5.69 Å². The van der Waals surface area contributed by atoms with Crippen LogP contribution in [0.25, 0.3) is 0 Å². The van der Waals surface area contributed by atoms with Gasteiger partial charge in [0.25, 0.3) is 0 Å². The molecule has 30 heavy (non-hydrogen) atoms. The van der Waals surface area contributed by atoms with Crippen molar-refractivity contribution in [3.05, 3.63) is 70.9 Å². The summed E-state index contributed by atoms with van der Waals surface area (Å²) in [7, 11) is 3.17. The van der Waals surface area contributed by atoms with E-state index in [4.69, 9.17) is 25.8 Å². The molecule has 0 unspecified atom stereocenters. The number of amides is 1. The Balaban J connectivity index is 2.00. The molecule has 7 heteroatoms. The van der Waals surface area contributed by atoms with Crippen LogP contribution in [0.2, 0.25) is 5.15 Å². The first-order valence-corrected chi connectivity index (χ1v) is 9.69. The maximum Gasteiger partial charge on any atom is 0.244 e. The van der Waals surface area contributed by atoms with Crippen molar-refractivity contribution in [2.24, 2.45) is 0 Å². The van der Waals surface area contributed by atoms with Crippen molar-refractivity contribution in [2.45, 2.75) is 20.4 Å². The summed E-state index contributed by atoms with van der Waals surface area (Å²) >= 11 is 6.11. The Labute approximate surface area is 181 Å². The first-order chi connectivity index (χ1) is 14.4. The lowest BCUT2D eigenvalue weighted by Crippen LogP contribution is -2.28. The summed E-state index contributed by atoms with van der Waals surface area (Å²) in [6.45, 7) is 3.71. The molecule has 1 amide bonds. The summed E-state index contributed by atoms with van der Waals surface area (Å²) in [5, 5.41) is 0.267. The minimum atomic E-state index is -0.183. The third-order valence-electron chi connectivity index (χ3n) is 4.53. The van der Waals surface area contributed by atoms with Crippen molar-refractivity contribution in [3.8, 4) is 23.1 Å². The normalized spacial score (nSPS) is 10.4. The van der Waals surface area contributed by atoms with E-state index in [9.17, 15) is 4.79 Å². The zero-order chi connectivity index (χ0) is 21.7. The van der Waals surface area contributed by atoms with Crippen molar-refractivity contribution in [1.82, 2.24) is 4.98 Å². The number of aryl methyl sites for hydroxylation is 1. The molecule has 0 aliphatic carbocycles. The van der Waals surface area contributed by atoms with Crippen LogP contribution >= 0.6 is 11.6 Å². The number of carbonyl (C=O) groups excluding carboxylic acids is 1. The van der Waals surface area contributed by atoms with Gasteiger partial charge in [0.1, 0.15) is 28.1 Å². The molecule has 0 N–H and O–H groups in total. The smallest absolute Gasteiger partial charge is 0.244 e. The van der Waals surface area contributed by atoms with Gasteiger partial charge in [-0.3, -0.25) is 4.79 Å². The van der Waals surface area contributed by atoms with Gasteiger partial charge in [-0.15, -0.1) is 0 Å². The van der Waals surface area contributed by atoms with Crippen molar-refractivity contribution >= 4 is 23.2 Å². The average molecular weight is 427 g/mol. The predicted octanol–water partition coefficient (Wildman–Crippen LogP) is 5.41. The molecular formula is C23H23ClN2O4. The van der Waals surface area contributed by atoms with E-state index in [1.807, 2.05) is 37.3 Å². The molecule has 0 fully saturated rings. The van der Waals surface area contributed by atoms with Gasteiger partial charge in [0.15, 0.2) is 0 Å². The molecule has 3 aromatic rings. The van der Waals surface area contributed by atoms with Crippen LogP contribution in [0, 0.1) is 6.92 Å². The Kier molecular flexibility index (Phi) is 6.79. The maximum absolute atomic E-state index is 12.6. The molecule has 3 rings (SSSR count). The minimum absolute atomic E-state index is 0.183. The lowest BCUT2D eigenvalue weighted by Gasteiger charge is -2.24. The van der Waals surface area contributed by atoms with Gasteiger partial charge in [-0.1, -0.05) is 29.3 Å². The van der Waals surface area contributed by atoms with E-state index >= 15 is 0 Å². The number of methoxy groups -OCH3 is 2. The number of aromatic nitrogens is 1. The molecule has 0 saturated carbocycles. The van der Waals surface area contributed by atoms with Crippen molar-refractivity contribution in [1.29, 1.82) is 0 Å². The van der Waals surface area contributed by atoms with E-state index in [2.05, 4.69) is 4.98 Å². The molecule has 156 valence electrons. The lowest BCUT2D eigenvalue weighted by molar-refractivity contribution is -0.116. The second kappa shape index (κ2) is 9.50. The fourth-order valence-corrected chi connectivity index (χ4v) is 3.09. The fraction of sp³-hybridized carbons (Fsp3) is 0.217. The SMILES string of the molecule is COc1ccc(OC)c(CN(C(C)=O)c2ccc(Cl)nc2Oc2ccc(C)cc2)c1. The molecule has 0 aliphatic heterocycles. The molecule has 1 aromatic heterocycles. The van der Waals surface area contributed by atoms with E-state index in [1.54, 1.807) is 43.4 Å². The van der Waals surface area contributed by atoms with Gasteiger partial charge in [-0.05, 0) is 49.4 Å². The van der Waals surface area contributed by atoms with E-state index in [1.165, 1.54) is 6.92 Å². The largest absolute Gasteiger partial charge is 0.497 e. The van der Waals surface area contributed by atoms with Crippen LogP contribution in [0.3, 0.4) is 0 Å². The standard InChI is InChI=1S/C23H23ClN2O4/c1-15-5-7-18(8-6-15)30-23-20(10-12-22(24)25-23)26(16(2)27)14-17-13-19(28-3)9-11-21(17)29-4/h5-13H,14H2,1-4H3. The van der Waals surface area contributed by atoms with Crippen LogP contribution in [0.5, 0.6) is 23.1 Å². The van der Waals surface area contributed by atoms with Gasteiger partial charge < -0.3 is 19.1 Å². The third kappa shape index (κ3) is 5.02. The zero-order valence-corrected chi connectivity index (χ0v) is 18.1. The Morgan fingerprint density at radius 2 is 1.70 bits per heavy atom. The molecule has 1 heterocycles. The summed E-state index contributed by atoms with van der Waals surface area (Å²) in [4.78, 5) is 18.4. The number of anilines is 1. The Hall–Kier alpha value is -3.25. The number of rotatable bonds is 7. The molecule has 0 saturated heterocycles. The maximum atomic E-state index is 12.6. The van der Waals surface area contributed by atoms with Gasteiger partial charge in [0, 0.05) is 12.5 Å². The fourth-order valence-electron chi connectivity index (χ4n) is 2.95. The van der Waals surface area contributed by atoms with Crippen LogP contribution < -0.4 is 19.1 Å². The molecule has 6 nitrogen and oxygen atoms in total. The van der Waals surface area contributed by atoms with Crippen LogP contribution in [-0.2, 0) is 11.3 Å². The molecule has 0 spiro atoms. The summed E-state index contributed by atoms with van der Waals surface area (Å²) < 4.78 is 16.7. The third-order valence-corrected chi connectivity index (χ3v) is 4.74. The Bertz CT molecular complexity index is 1040. The molecule has 0 aliphatic rings. The zero-order valence-electron chi connectivity index (χ0n) is 17.3. The second-order valence-electron chi connectivity index (χ2n) is 6.66. The topological polar surface area (TPSA) is 60.9 Å². The monoisotopic (exact) mass is 426 g/mol. The molecule has 0 radical (unpaired) electrons. The van der Waals surface area contributed by atoms with Gasteiger partial charge in [0.2, 0.25) is 11.8 Å². The van der Waals surface area contributed by atoms with Crippen LogP contribution in [-0.4, -0.2) is 25.1 Å². The number of halogens is 1.